The zero-order valence-corrected chi connectivity index (χ0v) is 11.3. The number of hydrogen-bond acceptors (Lipinski definition) is 1. The lowest BCUT2D eigenvalue weighted by molar-refractivity contribution is -0.314. The van der Waals surface area contributed by atoms with Crippen molar-refractivity contribution in [3.05, 3.63) is 12.3 Å². The summed E-state index contributed by atoms with van der Waals surface area (Å²) in [7, 11) is 0. The molecule has 96 valence electrons. The molecule has 1 atom stereocenters. The molecule has 0 aliphatic heterocycles. The first-order chi connectivity index (χ1) is 7.72. The lowest BCUT2D eigenvalue weighted by atomic mass is 9.96. The normalized spacial score (nSPS) is 12.6. The van der Waals surface area contributed by atoms with Crippen LogP contribution in [0.3, 0.4) is 0 Å². The molecule has 0 saturated heterocycles. The van der Waals surface area contributed by atoms with Gasteiger partial charge in [-0.3, -0.25) is 0 Å². The highest BCUT2D eigenvalue weighted by Crippen LogP contribution is 2.18. The molecule has 0 bridgehead atoms. The Hall–Kier alpha value is -0.460. The summed E-state index contributed by atoms with van der Waals surface area (Å²) < 4.78 is 0. The molecule has 0 aromatic carbocycles. The zero-order chi connectivity index (χ0) is 12.2. The summed E-state index contributed by atoms with van der Waals surface area (Å²) >= 11 is 0. The monoisotopic (exact) mass is 225 g/mol. The smallest absolute Gasteiger partial charge is 0.0314 e. The molecule has 0 fully saturated rings. The van der Waals surface area contributed by atoms with E-state index in [-0.39, 0.29) is 11.7 Å². The summed E-state index contributed by atoms with van der Waals surface area (Å²) in [6.45, 7) is 7.85. The van der Waals surface area contributed by atoms with Crippen LogP contribution in [0.15, 0.2) is 12.3 Å². The first kappa shape index (κ1) is 15.5. The minimum absolute atomic E-state index is 0.130. The Morgan fingerprint density at radius 1 is 0.938 bits per heavy atom. The molecule has 0 N–H and O–H groups in total. The van der Waals surface area contributed by atoms with Gasteiger partial charge < -0.3 is 5.11 Å². The molecule has 0 saturated carbocycles. The van der Waals surface area contributed by atoms with E-state index in [0.717, 1.165) is 12.8 Å². The maximum absolute atomic E-state index is 11.1. The number of allylic oxidation sites excluding steroid dienone is 1. The van der Waals surface area contributed by atoms with Gasteiger partial charge in [0.2, 0.25) is 0 Å². The van der Waals surface area contributed by atoms with Crippen LogP contribution in [0.4, 0.5) is 0 Å². The molecule has 16 heavy (non-hydrogen) atoms. The molecule has 1 nitrogen and oxygen atoms in total. The first-order valence-corrected chi connectivity index (χ1v) is 7.08. The van der Waals surface area contributed by atoms with Crippen LogP contribution in [0.1, 0.15) is 78.1 Å². The maximum atomic E-state index is 11.1. The molecular formula is C15H29O-. The van der Waals surface area contributed by atoms with E-state index in [0.29, 0.717) is 0 Å². The molecule has 0 aromatic heterocycles. The molecule has 0 radical (unpaired) electrons. The summed E-state index contributed by atoms with van der Waals surface area (Å²) in [4.78, 5) is 0. The third-order valence-electron chi connectivity index (χ3n) is 3.35. The van der Waals surface area contributed by atoms with E-state index in [9.17, 15) is 5.11 Å². The quantitative estimate of drug-likeness (QED) is 0.377. The van der Waals surface area contributed by atoms with Crippen molar-refractivity contribution in [2.75, 3.05) is 0 Å². The maximum Gasteiger partial charge on any atom is -0.0314 e. The van der Waals surface area contributed by atoms with Crippen LogP contribution in [-0.4, -0.2) is 0 Å². The summed E-state index contributed by atoms with van der Waals surface area (Å²) in [6, 6.07) is 0. The second kappa shape index (κ2) is 11.0. The molecule has 0 heterocycles. The van der Waals surface area contributed by atoms with Gasteiger partial charge in [-0.05, 0) is 12.3 Å². The van der Waals surface area contributed by atoms with E-state index in [1.165, 1.54) is 51.4 Å². The summed E-state index contributed by atoms with van der Waals surface area (Å²) in [5.74, 6) is 0.352. The Morgan fingerprint density at radius 2 is 1.44 bits per heavy atom. The SMILES string of the molecule is C=C([O-])C(CC)CCCCCCCCCC. The predicted molar refractivity (Wildman–Crippen MR) is 70.1 cm³/mol. The van der Waals surface area contributed by atoms with E-state index in [4.69, 9.17) is 0 Å². The van der Waals surface area contributed by atoms with Crippen LogP contribution in [0, 0.1) is 5.92 Å². The average Bonchev–Trinajstić information content (AvgIpc) is 2.26. The molecular weight excluding hydrogens is 196 g/mol. The van der Waals surface area contributed by atoms with E-state index in [1.807, 2.05) is 0 Å². The van der Waals surface area contributed by atoms with E-state index < -0.39 is 0 Å². The molecule has 0 aliphatic carbocycles. The van der Waals surface area contributed by atoms with Gasteiger partial charge in [0.1, 0.15) is 0 Å². The van der Waals surface area contributed by atoms with Crippen molar-refractivity contribution in [2.24, 2.45) is 5.92 Å². The molecule has 0 aliphatic rings. The van der Waals surface area contributed by atoms with E-state index >= 15 is 0 Å². The molecule has 0 aromatic rings. The van der Waals surface area contributed by atoms with Gasteiger partial charge in [-0.25, -0.2) is 0 Å². The second-order valence-corrected chi connectivity index (χ2v) is 4.84. The van der Waals surface area contributed by atoms with Crippen LogP contribution < -0.4 is 5.11 Å². The largest absolute Gasteiger partial charge is 0.876 e. The van der Waals surface area contributed by atoms with Gasteiger partial charge in [0, 0.05) is 0 Å². The van der Waals surface area contributed by atoms with Crippen molar-refractivity contribution < 1.29 is 5.11 Å². The van der Waals surface area contributed by atoms with Crippen LogP contribution in [0.5, 0.6) is 0 Å². The van der Waals surface area contributed by atoms with Gasteiger partial charge in [-0.2, -0.15) is 0 Å². The Balaban J connectivity index is 3.22. The Labute approximate surface area is 102 Å². The van der Waals surface area contributed by atoms with Crippen molar-refractivity contribution >= 4 is 0 Å². The molecule has 0 spiro atoms. The Bertz CT molecular complexity index is 163. The topological polar surface area (TPSA) is 23.1 Å². The van der Waals surface area contributed by atoms with E-state index in [2.05, 4.69) is 20.4 Å². The van der Waals surface area contributed by atoms with Crippen LogP contribution in [-0.2, 0) is 0 Å². The van der Waals surface area contributed by atoms with Crippen molar-refractivity contribution in [3.63, 3.8) is 0 Å². The lowest BCUT2D eigenvalue weighted by Crippen LogP contribution is -2.13. The van der Waals surface area contributed by atoms with Crippen LogP contribution in [0.2, 0.25) is 0 Å². The Morgan fingerprint density at radius 3 is 1.88 bits per heavy atom. The number of rotatable bonds is 11. The zero-order valence-electron chi connectivity index (χ0n) is 11.3. The van der Waals surface area contributed by atoms with Gasteiger partial charge >= 0.3 is 0 Å². The highest BCUT2D eigenvalue weighted by molar-refractivity contribution is 4.85. The summed E-state index contributed by atoms with van der Waals surface area (Å²) in [6.07, 6.45) is 12.7. The third-order valence-corrected chi connectivity index (χ3v) is 3.35. The molecule has 0 rings (SSSR count). The van der Waals surface area contributed by atoms with Gasteiger partial charge in [0.05, 0.1) is 0 Å². The fourth-order valence-electron chi connectivity index (χ4n) is 2.12. The van der Waals surface area contributed by atoms with Crippen molar-refractivity contribution in [3.8, 4) is 0 Å². The lowest BCUT2D eigenvalue weighted by Gasteiger charge is -2.21. The highest BCUT2D eigenvalue weighted by atomic mass is 16.3. The number of hydrogen-bond donors (Lipinski definition) is 0. The standard InChI is InChI=1S/C15H30O/c1-4-6-7-8-9-10-11-12-13-15(5-2)14(3)16/h15-16H,3-13H2,1-2H3/p-1. The second-order valence-electron chi connectivity index (χ2n) is 4.84. The fraction of sp³-hybridized carbons (Fsp3) is 0.867. The van der Waals surface area contributed by atoms with Gasteiger partial charge in [0.25, 0.3) is 0 Å². The third kappa shape index (κ3) is 8.82. The van der Waals surface area contributed by atoms with Gasteiger partial charge in [-0.1, -0.05) is 71.6 Å². The molecule has 1 unspecified atom stereocenters. The van der Waals surface area contributed by atoms with Gasteiger partial charge in [0.15, 0.2) is 0 Å². The van der Waals surface area contributed by atoms with Crippen LogP contribution in [0.25, 0.3) is 0 Å². The van der Waals surface area contributed by atoms with E-state index in [1.54, 1.807) is 0 Å². The number of unbranched alkanes of at least 4 members (excludes halogenated alkanes) is 7. The predicted octanol–water partition coefficient (Wildman–Crippen LogP) is 4.42. The average molecular weight is 225 g/mol. The summed E-state index contributed by atoms with van der Waals surface area (Å²) in [5, 5.41) is 11.1. The van der Waals surface area contributed by atoms with Crippen molar-refractivity contribution in [2.45, 2.75) is 78.1 Å². The van der Waals surface area contributed by atoms with Crippen molar-refractivity contribution in [1.29, 1.82) is 0 Å². The minimum Gasteiger partial charge on any atom is -0.876 e. The highest BCUT2D eigenvalue weighted by Gasteiger charge is 2.02. The molecule has 0 amide bonds. The van der Waals surface area contributed by atoms with Gasteiger partial charge in [-0.15, -0.1) is 12.3 Å². The first-order valence-electron chi connectivity index (χ1n) is 7.08. The molecule has 1 heteroatoms. The fourth-order valence-corrected chi connectivity index (χ4v) is 2.12. The van der Waals surface area contributed by atoms with Crippen molar-refractivity contribution in [1.82, 2.24) is 0 Å². The van der Waals surface area contributed by atoms with Crippen LogP contribution >= 0.6 is 0 Å². The Kier molecular flexibility index (Phi) is 10.7. The summed E-state index contributed by atoms with van der Waals surface area (Å²) in [5.41, 5.74) is 0. The minimum atomic E-state index is 0.130.